The van der Waals surface area contributed by atoms with Crippen molar-refractivity contribution in [3.8, 4) is 0 Å². The molecule has 0 aliphatic carbocycles. The predicted molar refractivity (Wildman–Crippen MR) is 87.6 cm³/mol. The Labute approximate surface area is 136 Å². The summed E-state index contributed by atoms with van der Waals surface area (Å²) in [5, 5.41) is 10.5. The number of hydrogen-bond acceptors (Lipinski definition) is 4. The van der Waals surface area contributed by atoms with Crippen molar-refractivity contribution in [2.24, 2.45) is 5.92 Å². The van der Waals surface area contributed by atoms with E-state index >= 15 is 0 Å². The van der Waals surface area contributed by atoms with Crippen molar-refractivity contribution in [3.63, 3.8) is 0 Å². The van der Waals surface area contributed by atoms with E-state index in [9.17, 15) is 4.79 Å². The second kappa shape index (κ2) is 7.87. The van der Waals surface area contributed by atoms with Crippen LogP contribution in [0.3, 0.4) is 0 Å². The zero-order valence-corrected chi connectivity index (χ0v) is 13.2. The molecule has 0 spiro atoms. The van der Waals surface area contributed by atoms with Crippen LogP contribution in [0.25, 0.3) is 0 Å². The maximum absolute atomic E-state index is 12.0. The fourth-order valence-corrected chi connectivity index (χ4v) is 2.95. The standard InChI is InChI=1S/C17H23N5O/c23-17(6-5-14-7-8-18-9-14)20-10-15-3-1-2-4-16(15)11-22-13-19-12-21-22/h1-4,12-14,18H,5-11H2,(H,20,23). The molecule has 1 aromatic carbocycles. The average Bonchev–Trinajstić information content (AvgIpc) is 3.25. The van der Waals surface area contributed by atoms with Gasteiger partial charge in [0.05, 0.1) is 6.54 Å². The van der Waals surface area contributed by atoms with Crippen molar-refractivity contribution in [2.75, 3.05) is 13.1 Å². The molecule has 122 valence electrons. The highest BCUT2D eigenvalue weighted by molar-refractivity contribution is 5.75. The summed E-state index contributed by atoms with van der Waals surface area (Å²) in [5.74, 6) is 0.785. The molecule has 1 aliphatic rings. The number of benzene rings is 1. The van der Waals surface area contributed by atoms with Gasteiger partial charge in [0.2, 0.25) is 5.91 Å². The van der Waals surface area contributed by atoms with Crippen LogP contribution < -0.4 is 10.6 Å². The van der Waals surface area contributed by atoms with E-state index in [1.54, 1.807) is 11.0 Å². The number of carbonyl (C=O) groups excluding carboxylic acids is 1. The van der Waals surface area contributed by atoms with Crippen LogP contribution >= 0.6 is 0 Å². The molecular weight excluding hydrogens is 290 g/mol. The summed E-state index contributed by atoms with van der Waals surface area (Å²) < 4.78 is 1.79. The van der Waals surface area contributed by atoms with Gasteiger partial charge < -0.3 is 10.6 Å². The van der Waals surface area contributed by atoms with Crippen LogP contribution in [0.4, 0.5) is 0 Å². The molecule has 2 N–H and O–H groups in total. The number of nitrogens with zero attached hydrogens (tertiary/aromatic N) is 3. The Morgan fingerprint density at radius 3 is 2.96 bits per heavy atom. The highest BCUT2D eigenvalue weighted by Gasteiger charge is 2.15. The highest BCUT2D eigenvalue weighted by Crippen LogP contribution is 2.14. The van der Waals surface area contributed by atoms with Gasteiger partial charge in [0.1, 0.15) is 12.7 Å². The first-order valence-corrected chi connectivity index (χ1v) is 8.18. The zero-order chi connectivity index (χ0) is 15.9. The van der Waals surface area contributed by atoms with Gasteiger partial charge in [-0.25, -0.2) is 9.67 Å². The summed E-state index contributed by atoms with van der Waals surface area (Å²) in [6, 6.07) is 8.11. The lowest BCUT2D eigenvalue weighted by Gasteiger charge is -2.12. The van der Waals surface area contributed by atoms with Gasteiger partial charge in [-0.3, -0.25) is 4.79 Å². The van der Waals surface area contributed by atoms with E-state index in [-0.39, 0.29) is 5.91 Å². The van der Waals surface area contributed by atoms with Gasteiger partial charge in [0.25, 0.3) is 0 Å². The van der Waals surface area contributed by atoms with Gasteiger partial charge >= 0.3 is 0 Å². The number of aromatic nitrogens is 3. The van der Waals surface area contributed by atoms with Crippen LogP contribution in [0.1, 0.15) is 30.4 Å². The molecule has 3 rings (SSSR count). The summed E-state index contributed by atoms with van der Waals surface area (Å²) in [7, 11) is 0. The van der Waals surface area contributed by atoms with Crippen LogP contribution in [0.15, 0.2) is 36.9 Å². The first-order chi connectivity index (χ1) is 11.3. The van der Waals surface area contributed by atoms with E-state index in [1.807, 2.05) is 18.2 Å². The van der Waals surface area contributed by atoms with Crippen LogP contribution in [0, 0.1) is 5.92 Å². The monoisotopic (exact) mass is 313 g/mol. The molecular formula is C17H23N5O. The minimum atomic E-state index is 0.132. The van der Waals surface area contributed by atoms with E-state index in [4.69, 9.17) is 0 Å². The van der Waals surface area contributed by atoms with E-state index in [0.717, 1.165) is 30.6 Å². The normalized spacial score (nSPS) is 17.3. The van der Waals surface area contributed by atoms with E-state index in [2.05, 4.69) is 26.8 Å². The van der Waals surface area contributed by atoms with E-state index < -0.39 is 0 Å². The minimum Gasteiger partial charge on any atom is -0.352 e. The van der Waals surface area contributed by atoms with E-state index in [0.29, 0.717) is 25.4 Å². The molecule has 1 saturated heterocycles. The van der Waals surface area contributed by atoms with Crippen molar-refractivity contribution in [1.82, 2.24) is 25.4 Å². The number of amides is 1. The molecule has 0 bridgehead atoms. The summed E-state index contributed by atoms with van der Waals surface area (Å²) in [6.07, 6.45) is 6.00. The lowest BCUT2D eigenvalue weighted by molar-refractivity contribution is -0.121. The van der Waals surface area contributed by atoms with Crippen molar-refractivity contribution in [1.29, 1.82) is 0 Å². The average molecular weight is 313 g/mol. The molecule has 1 fully saturated rings. The molecule has 1 aliphatic heterocycles. The molecule has 1 atom stereocenters. The largest absolute Gasteiger partial charge is 0.352 e. The number of carbonyl (C=O) groups is 1. The summed E-state index contributed by atoms with van der Waals surface area (Å²) >= 11 is 0. The summed E-state index contributed by atoms with van der Waals surface area (Å²) in [5.41, 5.74) is 2.28. The zero-order valence-electron chi connectivity index (χ0n) is 13.2. The Balaban J connectivity index is 1.50. The Morgan fingerprint density at radius 2 is 2.22 bits per heavy atom. The van der Waals surface area contributed by atoms with Crippen LogP contribution in [0.5, 0.6) is 0 Å². The third kappa shape index (κ3) is 4.63. The van der Waals surface area contributed by atoms with Crippen LogP contribution in [-0.4, -0.2) is 33.8 Å². The summed E-state index contributed by atoms with van der Waals surface area (Å²) in [6.45, 7) is 3.36. The molecule has 1 unspecified atom stereocenters. The second-order valence-electron chi connectivity index (χ2n) is 6.04. The number of rotatable bonds is 7. The van der Waals surface area contributed by atoms with Crippen LogP contribution in [0.2, 0.25) is 0 Å². The second-order valence-corrected chi connectivity index (χ2v) is 6.04. The molecule has 0 radical (unpaired) electrons. The van der Waals surface area contributed by atoms with Gasteiger partial charge in [-0.2, -0.15) is 5.10 Å². The van der Waals surface area contributed by atoms with Gasteiger partial charge in [-0.1, -0.05) is 24.3 Å². The maximum atomic E-state index is 12.0. The fourth-order valence-electron chi connectivity index (χ4n) is 2.95. The summed E-state index contributed by atoms with van der Waals surface area (Å²) in [4.78, 5) is 16.0. The minimum absolute atomic E-state index is 0.132. The van der Waals surface area contributed by atoms with E-state index in [1.165, 1.54) is 12.7 Å². The van der Waals surface area contributed by atoms with Crippen LogP contribution in [-0.2, 0) is 17.9 Å². The SMILES string of the molecule is O=C(CCC1CCNC1)NCc1ccccc1Cn1cncn1. The third-order valence-corrected chi connectivity index (χ3v) is 4.34. The lowest BCUT2D eigenvalue weighted by atomic mass is 10.0. The molecule has 6 nitrogen and oxygen atoms in total. The first kappa shape index (κ1) is 15.7. The van der Waals surface area contributed by atoms with Crippen molar-refractivity contribution >= 4 is 5.91 Å². The van der Waals surface area contributed by atoms with Gasteiger partial charge in [-0.15, -0.1) is 0 Å². The lowest BCUT2D eigenvalue weighted by Crippen LogP contribution is -2.24. The molecule has 23 heavy (non-hydrogen) atoms. The van der Waals surface area contributed by atoms with Crippen molar-refractivity contribution in [3.05, 3.63) is 48.0 Å². The van der Waals surface area contributed by atoms with Gasteiger partial charge in [-0.05, 0) is 43.0 Å². The number of nitrogens with one attached hydrogen (secondary N) is 2. The molecule has 6 heteroatoms. The quantitative estimate of drug-likeness (QED) is 0.809. The topological polar surface area (TPSA) is 71.8 Å². The maximum Gasteiger partial charge on any atom is 0.220 e. The van der Waals surface area contributed by atoms with Crippen molar-refractivity contribution in [2.45, 2.75) is 32.4 Å². The Hall–Kier alpha value is -2.21. The fraction of sp³-hybridized carbons (Fsp3) is 0.471. The van der Waals surface area contributed by atoms with Crippen molar-refractivity contribution < 1.29 is 4.79 Å². The van der Waals surface area contributed by atoms with Gasteiger partial charge in [0, 0.05) is 13.0 Å². The molecule has 1 aromatic heterocycles. The predicted octanol–water partition coefficient (Wildman–Crippen LogP) is 1.33. The smallest absolute Gasteiger partial charge is 0.220 e. The molecule has 2 aromatic rings. The Kier molecular flexibility index (Phi) is 5.37. The van der Waals surface area contributed by atoms with Gasteiger partial charge in [0.15, 0.2) is 0 Å². The molecule has 1 amide bonds. The number of hydrogen-bond donors (Lipinski definition) is 2. The Bertz CT molecular complexity index is 620. The third-order valence-electron chi connectivity index (χ3n) is 4.34. The first-order valence-electron chi connectivity index (χ1n) is 8.18. The molecule has 2 heterocycles. The molecule has 0 saturated carbocycles. The Morgan fingerprint density at radius 1 is 1.35 bits per heavy atom. The highest BCUT2D eigenvalue weighted by atomic mass is 16.1.